The van der Waals surface area contributed by atoms with E-state index in [9.17, 15) is 4.79 Å². The first-order valence-corrected chi connectivity index (χ1v) is 9.96. The molecule has 1 aromatic heterocycles. The molecular formula is C22H28N4O. The standard InChI is InChI=1S/C22H28N4O/c1-3-23-14-18-8-6-10-26(18)19-11-17(13-24-15-19)20-12-16-7-4-5-9-21(16)25(2)22(20)27/h4-5,7,9,11,13,15,18,20,23H,3,6,8,10,12,14H2,1-2H3/t18-,20?/m0/s1. The van der Waals surface area contributed by atoms with Crippen LogP contribution in [0.1, 0.15) is 36.8 Å². The molecule has 3 heterocycles. The molecular weight excluding hydrogens is 336 g/mol. The summed E-state index contributed by atoms with van der Waals surface area (Å²) in [6, 6.07) is 10.9. The number of fused-ring (bicyclic) bond motifs is 1. The van der Waals surface area contributed by atoms with E-state index in [1.807, 2.05) is 37.6 Å². The van der Waals surface area contributed by atoms with Gasteiger partial charge in [0.2, 0.25) is 5.91 Å². The number of likely N-dealkylation sites (N-methyl/N-ethyl adjacent to an activating group) is 2. The summed E-state index contributed by atoms with van der Waals surface area (Å²) in [6.45, 7) is 5.19. The number of hydrogen-bond acceptors (Lipinski definition) is 4. The first kappa shape index (κ1) is 18.0. The zero-order chi connectivity index (χ0) is 18.8. The van der Waals surface area contributed by atoms with Crippen molar-refractivity contribution in [3.05, 3.63) is 53.9 Å². The maximum Gasteiger partial charge on any atom is 0.234 e. The van der Waals surface area contributed by atoms with E-state index < -0.39 is 0 Å². The average molecular weight is 364 g/mol. The second-order valence-electron chi connectivity index (χ2n) is 7.56. The number of nitrogens with one attached hydrogen (secondary N) is 1. The summed E-state index contributed by atoms with van der Waals surface area (Å²) in [5.41, 5.74) is 4.41. The van der Waals surface area contributed by atoms with Crippen LogP contribution < -0.4 is 15.1 Å². The molecule has 5 heteroatoms. The fraction of sp³-hybridized carbons (Fsp3) is 0.455. The fourth-order valence-electron chi connectivity index (χ4n) is 4.42. The number of hydrogen-bond donors (Lipinski definition) is 1. The molecule has 5 nitrogen and oxygen atoms in total. The molecule has 2 aliphatic rings. The Kier molecular flexibility index (Phi) is 5.12. The lowest BCUT2D eigenvalue weighted by Gasteiger charge is -2.32. The SMILES string of the molecule is CCNC[C@@H]1CCCN1c1cncc(C2Cc3ccccc3N(C)C2=O)c1. The van der Waals surface area contributed by atoms with Crippen molar-refractivity contribution >= 4 is 17.3 Å². The topological polar surface area (TPSA) is 48.5 Å². The van der Waals surface area contributed by atoms with E-state index in [2.05, 4.69) is 34.3 Å². The molecule has 1 fully saturated rings. The van der Waals surface area contributed by atoms with Crippen LogP contribution in [-0.2, 0) is 11.2 Å². The van der Waals surface area contributed by atoms with Crippen molar-refractivity contribution in [1.82, 2.24) is 10.3 Å². The first-order valence-electron chi connectivity index (χ1n) is 9.96. The Balaban J connectivity index is 1.60. The zero-order valence-electron chi connectivity index (χ0n) is 16.2. The molecule has 2 atom stereocenters. The summed E-state index contributed by atoms with van der Waals surface area (Å²) in [7, 11) is 1.87. The predicted octanol–water partition coefficient (Wildman–Crippen LogP) is 2.96. The molecule has 4 rings (SSSR count). The van der Waals surface area contributed by atoms with Gasteiger partial charge in [0.25, 0.3) is 0 Å². The van der Waals surface area contributed by atoms with Gasteiger partial charge in [-0.05, 0) is 49.1 Å². The number of pyridine rings is 1. The zero-order valence-corrected chi connectivity index (χ0v) is 16.2. The molecule has 1 N–H and O–H groups in total. The largest absolute Gasteiger partial charge is 0.366 e. The normalized spacial score (nSPS) is 22.2. The van der Waals surface area contributed by atoms with E-state index >= 15 is 0 Å². The summed E-state index contributed by atoms with van der Waals surface area (Å²) < 4.78 is 0. The molecule has 2 aliphatic heterocycles. The number of nitrogens with zero attached hydrogens (tertiary/aromatic N) is 3. The molecule has 1 aromatic carbocycles. The van der Waals surface area contributed by atoms with E-state index in [0.29, 0.717) is 6.04 Å². The number of aromatic nitrogens is 1. The smallest absolute Gasteiger partial charge is 0.234 e. The lowest BCUT2D eigenvalue weighted by atomic mass is 9.87. The molecule has 142 valence electrons. The lowest BCUT2D eigenvalue weighted by molar-refractivity contribution is -0.120. The van der Waals surface area contributed by atoms with Crippen molar-refractivity contribution in [1.29, 1.82) is 0 Å². The van der Waals surface area contributed by atoms with Crippen molar-refractivity contribution in [2.75, 3.05) is 36.5 Å². The number of benzene rings is 1. The Hall–Kier alpha value is -2.40. The van der Waals surface area contributed by atoms with Gasteiger partial charge in [0.15, 0.2) is 0 Å². The van der Waals surface area contributed by atoms with Crippen LogP contribution in [0.4, 0.5) is 11.4 Å². The summed E-state index contributed by atoms with van der Waals surface area (Å²) in [5, 5.41) is 3.47. The molecule has 0 aliphatic carbocycles. The van der Waals surface area contributed by atoms with Crippen molar-refractivity contribution in [2.45, 2.75) is 38.1 Å². The average Bonchev–Trinajstić information content (AvgIpc) is 3.18. The minimum Gasteiger partial charge on any atom is -0.366 e. The van der Waals surface area contributed by atoms with Crippen LogP contribution in [0.2, 0.25) is 0 Å². The van der Waals surface area contributed by atoms with Gasteiger partial charge in [-0.3, -0.25) is 9.78 Å². The third-order valence-electron chi connectivity index (χ3n) is 5.89. The molecule has 0 saturated carbocycles. The highest BCUT2D eigenvalue weighted by molar-refractivity contribution is 6.00. The molecule has 0 spiro atoms. The van der Waals surface area contributed by atoms with Crippen molar-refractivity contribution < 1.29 is 4.79 Å². The van der Waals surface area contributed by atoms with Gasteiger partial charge in [0.1, 0.15) is 0 Å². The van der Waals surface area contributed by atoms with Crippen LogP contribution in [0, 0.1) is 0 Å². The van der Waals surface area contributed by atoms with Gasteiger partial charge in [-0.15, -0.1) is 0 Å². The predicted molar refractivity (Wildman–Crippen MR) is 109 cm³/mol. The quantitative estimate of drug-likeness (QED) is 0.886. The maximum atomic E-state index is 13.0. The highest BCUT2D eigenvalue weighted by Gasteiger charge is 2.32. The van der Waals surface area contributed by atoms with Gasteiger partial charge in [-0.2, -0.15) is 0 Å². The van der Waals surface area contributed by atoms with Crippen molar-refractivity contribution in [3.63, 3.8) is 0 Å². The Labute approximate surface area is 161 Å². The summed E-state index contributed by atoms with van der Waals surface area (Å²) in [6.07, 6.45) is 6.96. The van der Waals surface area contributed by atoms with E-state index in [-0.39, 0.29) is 11.8 Å². The van der Waals surface area contributed by atoms with E-state index in [0.717, 1.165) is 43.0 Å². The van der Waals surface area contributed by atoms with Gasteiger partial charge in [-0.1, -0.05) is 25.1 Å². The van der Waals surface area contributed by atoms with E-state index in [1.165, 1.54) is 18.4 Å². The van der Waals surface area contributed by atoms with Crippen molar-refractivity contribution in [2.24, 2.45) is 0 Å². The molecule has 1 unspecified atom stereocenters. The van der Waals surface area contributed by atoms with Gasteiger partial charge < -0.3 is 15.1 Å². The Morgan fingerprint density at radius 1 is 1.26 bits per heavy atom. The van der Waals surface area contributed by atoms with Crippen molar-refractivity contribution in [3.8, 4) is 0 Å². The maximum absolute atomic E-state index is 13.0. The van der Waals surface area contributed by atoms with Crippen LogP contribution >= 0.6 is 0 Å². The molecule has 27 heavy (non-hydrogen) atoms. The highest BCUT2D eigenvalue weighted by Crippen LogP contribution is 2.36. The molecule has 0 bridgehead atoms. The molecule has 0 radical (unpaired) electrons. The van der Waals surface area contributed by atoms with Gasteiger partial charge in [0.05, 0.1) is 17.8 Å². The summed E-state index contributed by atoms with van der Waals surface area (Å²) in [5.74, 6) is -0.00885. The number of amides is 1. The molecule has 1 saturated heterocycles. The number of para-hydroxylation sites is 1. The first-order chi connectivity index (χ1) is 13.2. The van der Waals surface area contributed by atoms with Crippen LogP contribution in [0.5, 0.6) is 0 Å². The highest BCUT2D eigenvalue weighted by atomic mass is 16.2. The fourth-order valence-corrected chi connectivity index (χ4v) is 4.42. The van der Waals surface area contributed by atoms with Gasteiger partial charge in [-0.25, -0.2) is 0 Å². The number of carbonyl (C=O) groups is 1. The van der Waals surface area contributed by atoms with Crippen LogP contribution in [0.25, 0.3) is 0 Å². The number of carbonyl (C=O) groups excluding carboxylic acids is 1. The van der Waals surface area contributed by atoms with Crippen LogP contribution in [0.15, 0.2) is 42.7 Å². The second-order valence-corrected chi connectivity index (χ2v) is 7.56. The Bertz CT molecular complexity index is 821. The minimum atomic E-state index is -0.160. The van der Waals surface area contributed by atoms with Crippen LogP contribution in [-0.4, -0.2) is 43.6 Å². The monoisotopic (exact) mass is 364 g/mol. The lowest BCUT2D eigenvalue weighted by Crippen LogP contribution is -2.39. The van der Waals surface area contributed by atoms with Crippen LogP contribution in [0.3, 0.4) is 0 Å². The molecule has 1 amide bonds. The van der Waals surface area contributed by atoms with Gasteiger partial charge in [0, 0.05) is 38.1 Å². The summed E-state index contributed by atoms with van der Waals surface area (Å²) in [4.78, 5) is 21.7. The number of rotatable bonds is 5. The van der Waals surface area contributed by atoms with Gasteiger partial charge >= 0.3 is 0 Å². The minimum absolute atomic E-state index is 0.151. The third-order valence-corrected chi connectivity index (χ3v) is 5.89. The van der Waals surface area contributed by atoms with E-state index in [4.69, 9.17) is 0 Å². The third kappa shape index (κ3) is 3.44. The van der Waals surface area contributed by atoms with E-state index in [1.54, 1.807) is 4.90 Å². The molecule has 2 aromatic rings. The number of anilines is 2. The second kappa shape index (κ2) is 7.69. The summed E-state index contributed by atoms with van der Waals surface area (Å²) >= 11 is 0. The Morgan fingerprint density at radius 3 is 2.96 bits per heavy atom. The Morgan fingerprint density at radius 2 is 2.11 bits per heavy atom.